The number of hydrogen-bond acceptors (Lipinski definition) is 7. The van der Waals surface area contributed by atoms with Gasteiger partial charge in [-0.1, -0.05) is 62.7 Å². The zero-order chi connectivity index (χ0) is 32.7. The number of aryl methyl sites for hydroxylation is 1. The van der Waals surface area contributed by atoms with E-state index in [0.29, 0.717) is 5.82 Å². The molecule has 5 aromatic rings. The van der Waals surface area contributed by atoms with E-state index < -0.39 is 0 Å². The zero-order valence-corrected chi connectivity index (χ0v) is 27.8. The van der Waals surface area contributed by atoms with Crippen LogP contribution in [0.15, 0.2) is 72.9 Å². The van der Waals surface area contributed by atoms with Crippen molar-refractivity contribution >= 4 is 23.4 Å². The van der Waals surface area contributed by atoms with Gasteiger partial charge in [-0.15, -0.1) is 10.2 Å². The molecule has 1 fully saturated rings. The summed E-state index contributed by atoms with van der Waals surface area (Å²) in [6.07, 6.45) is 3.33. The number of rotatable bonds is 6. The summed E-state index contributed by atoms with van der Waals surface area (Å²) >= 11 is 0. The summed E-state index contributed by atoms with van der Waals surface area (Å²) in [7, 11) is 2.14. The van der Waals surface area contributed by atoms with E-state index in [1.165, 1.54) is 0 Å². The molecule has 2 aromatic carbocycles. The van der Waals surface area contributed by atoms with Crippen molar-refractivity contribution in [3.8, 4) is 11.4 Å². The molecular weight excluding hydrogens is 590 g/mol. The van der Waals surface area contributed by atoms with Crippen molar-refractivity contribution < 1.29 is 9.53 Å². The number of piperazine rings is 1. The van der Waals surface area contributed by atoms with Gasteiger partial charge in [-0.05, 0) is 62.2 Å². The second-order valence-electron chi connectivity index (χ2n) is 13.8. The van der Waals surface area contributed by atoms with Gasteiger partial charge >= 0.3 is 6.03 Å². The van der Waals surface area contributed by atoms with E-state index in [1.54, 1.807) is 4.68 Å². The first-order chi connectivity index (χ1) is 22.6. The molecule has 2 atom stereocenters. The molecule has 0 radical (unpaired) electrons. The third-order valence-electron chi connectivity index (χ3n) is 9.16. The van der Waals surface area contributed by atoms with Gasteiger partial charge in [0.15, 0.2) is 5.65 Å². The number of carbonyl (C=O) groups is 1. The average molecular weight is 634 g/mol. The van der Waals surface area contributed by atoms with Crippen LogP contribution in [0.4, 0.5) is 16.6 Å². The van der Waals surface area contributed by atoms with Crippen LogP contribution >= 0.6 is 0 Å². The summed E-state index contributed by atoms with van der Waals surface area (Å²) in [5.74, 6) is 2.23. The van der Waals surface area contributed by atoms with Gasteiger partial charge in [-0.3, -0.25) is 9.72 Å². The Balaban J connectivity index is 1.08. The third-order valence-corrected chi connectivity index (χ3v) is 9.16. The summed E-state index contributed by atoms with van der Waals surface area (Å²) < 4.78 is 10.5. The first kappa shape index (κ1) is 30.7. The molecule has 1 aliphatic heterocycles. The number of nitrogens with zero attached hydrogens (tertiary/aromatic N) is 7. The highest BCUT2D eigenvalue weighted by molar-refractivity contribution is 5.89. The average Bonchev–Trinajstić information content (AvgIpc) is 3.68. The second-order valence-corrected chi connectivity index (χ2v) is 13.8. The Labute approximate surface area is 275 Å². The lowest BCUT2D eigenvalue weighted by atomic mass is 9.85. The lowest BCUT2D eigenvalue weighted by Crippen LogP contribution is -2.45. The maximum absolute atomic E-state index is 13.5. The van der Waals surface area contributed by atoms with E-state index in [4.69, 9.17) is 9.84 Å². The van der Waals surface area contributed by atoms with Crippen molar-refractivity contribution in [1.29, 1.82) is 0 Å². The molecule has 1 saturated heterocycles. The van der Waals surface area contributed by atoms with Crippen molar-refractivity contribution in [2.24, 2.45) is 0 Å². The minimum atomic E-state index is -0.271. The molecule has 7 rings (SSSR count). The van der Waals surface area contributed by atoms with Crippen LogP contribution < -0.4 is 20.3 Å². The van der Waals surface area contributed by atoms with Crippen LogP contribution in [0, 0.1) is 6.92 Å². The van der Waals surface area contributed by atoms with Crippen molar-refractivity contribution in [3.05, 3.63) is 95.3 Å². The molecule has 47 heavy (non-hydrogen) atoms. The number of fused-ring (bicyclic) bond motifs is 2. The summed E-state index contributed by atoms with van der Waals surface area (Å²) in [4.78, 5) is 18.1. The van der Waals surface area contributed by atoms with Gasteiger partial charge in [-0.2, -0.15) is 5.10 Å². The normalized spacial score (nSPS) is 18.6. The van der Waals surface area contributed by atoms with E-state index in [9.17, 15) is 4.79 Å². The molecule has 1 aliphatic carbocycles. The Morgan fingerprint density at radius 2 is 1.66 bits per heavy atom. The molecule has 0 saturated carbocycles. The molecule has 2 aliphatic rings. The summed E-state index contributed by atoms with van der Waals surface area (Å²) in [6, 6.07) is 21.8. The lowest BCUT2D eigenvalue weighted by molar-refractivity contribution is 0.171. The minimum absolute atomic E-state index is 0.148. The maximum atomic E-state index is 13.5. The van der Waals surface area contributed by atoms with Gasteiger partial charge in [0.05, 0.1) is 23.6 Å². The fourth-order valence-corrected chi connectivity index (χ4v) is 6.37. The predicted molar refractivity (Wildman–Crippen MR) is 184 cm³/mol. The number of benzene rings is 2. The number of pyridine rings is 1. The fraction of sp³-hybridized carbons (Fsp3) is 0.389. The molecule has 11 nitrogen and oxygen atoms in total. The van der Waals surface area contributed by atoms with Crippen LogP contribution in [-0.4, -0.2) is 68.5 Å². The predicted octanol–water partition coefficient (Wildman–Crippen LogP) is 6.05. The van der Waals surface area contributed by atoms with Crippen LogP contribution in [0.1, 0.15) is 68.1 Å². The number of likely N-dealkylation sites (N-methyl/N-ethyl adjacent to an activating group) is 1. The molecule has 2 amide bonds. The fourth-order valence-electron chi connectivity index (χ4n) is 6.37. The minimum Gasteiger partial charge on any atom is -0.484 e. The van der Waals surface area contributed by atoms with E-state index in [-0.39, 0.29) is 23.6 Å². The van der Waals surface area contributed by atoms with Gasteiger partial charge in [0.25, 0.3) is 0 Å². The zero-order valence-electron chi connectivity index (χ0n) is 27.8. The van der Waals surface area contributed by atoms with Gasteiger partial charge in [0.1, 0.15) is 17.7 Å². The van der Waals surface area contributed by atoms with Crippen LogP contribution in [0.2, 0.25) is 0 Å². The number of anilines is 2. The van der Waals surface area contributed by atoms with Gasteiger partial charge in [-0.25, -0.2) is 9.48 Å². The van der Waals surface area contributed by atoms with E-state index in [0.717, 1.165) is 84.4 Å². The molecule has 11 heteroatoms. The van der Waals surface area contributed by atoms with Crippen LogP contribution in [-0.2, 0) is 5.41 Å². The molecule has 3 aromatic heterocycles. The number of hydrogen-bond donors (Lipinski definition) is 2. The highest BCUT2D eigenvalue weighted by Crippen LogP contribution is 2.39. The summed E-state index contributed by atoms with van der Waals surface area (Å²) in [5, 5.41) is 20.1. The lowest BCUT2D eigenvalue weighted by Gasteiger charge is -2.33. The van der Waals surface area contributed by atoms with E-state index >= 15 is 0 Å². The number of amides is 2. The highest BCUT2D eigenvalue weighted by Gasteiger charge is 2.30. The number of nitrogens with one attached hydrogen (secondary N) is 2. The van der Waals surface area contributed by atoms with E-state index in [1.807, 2.05) is 65.2 Å². The smallest absolute Gasteiger partial charge is 0.320 e. The Morgan fingerprint density at radius 3 is 2.40 bits per heavy atom. The van der Waals surface area contributed by atoms with Crippen LogP contribution in [0.5, 0.6) is 5.75 Å². The molecule has 0 spiro atoms. The van der Waals surface area contributed by atoms with Crippen LogP contribution in [0.3, 0.4) is 0 Å². The molecule has 0 bridgehead atoms. The first-order valence-electron chi connectivity index (χ1n) is 16.4. The molecule has 0 unspecified atom stereocenters. The van der Waals surface area contributed by atoms with Gasteiger partial charge in [0, 0.05) is 37.7 Å². The van der Waals surface area contributed by atoms with E-state index in [2.05, 4.69) is 77.5 Å². The number of ether oxygens (including phenoxy) is 1. The molecule has 4 heterocycles. The molecule has 2 N–H and O–H groups in total. The van der Waals surface area contributed by atoms with Gasteiger partial charge < -0.3 is 19.9 Å². The topological polar surface area (TPSA) is 105 Å². The Morgan fingerprint density at radius 1 is 0.915 bits per heavy atom. The Kier molecular flexibility index (Phi) is 8.09. The molecule has 244 valence electrons. The summed E-state index contributed by atoms with van der Waals surface area (Å²) in [5.41, 5.74) is 5.71. The quantitative estimate of drug-likeness (QED) is 0.235. The van der Waals surface area contributed by atoms with Crippen molar-refractivity contribution in [2.45, 2.75) is 58.1 Å². The maximum Gasteiger partial charge on any atom is 0.320 e. The number of carbonyl (C=O) groups excluding carboxylic acids is 1. The van der Waals surface area contributed by atoms with Crippen molar-refractivity contribution in [1.82, 2.24) is 34.6 Å². The number of aromatic nitrogens is 5. The standard InChI is InChI=1S/C36H43N9O2/c1-24-10-12-25(13-11-24)45-33(22-31(41-45)36(2,3)4)38-34(46)37-29-15-16-30(28-9-7-6-8-27(28)29)47-26-14-17-32-39-40-35(44(32)23-26)43-20-18-42(5)19-21-43/h6-14,17,22-23,29-30H,15-16,18-21H2,1-5H3,(H2,37,38,46)/t29-,30+/m0/s1. The highest BCUT2D eigenvalue weighted by atomic mass is 16.5. The SMILES string of the molecule is Cc1ccc(-n2nc(C(C)(C)C)cc2NC(=O)N[C@H]2CC[C@@H](Oc3ccc4nnc(N5CCN(C)CC5)n4c3)c3ccccc32)cc1. The van der Waals surface area contributed by atoms with Crippen molar-refractivity contribution in [3.63, 3.8) is 0 Å². The Bertz CT molecular complexity index is 1880. The van der Waals surface area contributed by atoms with Crippen LogP contribution in [0.25, 0.3) is 11.3 Å². The largest absolute Gasteiger partial charge is 0.484 e. The second kappa shape index (κ2) is 12.4. The summed E-state index contributed by atoms with van der Waals surface area (Å²) in [6.45, 7) is 12.2. The van der Waals surface area contributed by atoms with Crippen molar-refractivity contribution in [2.75, 3.05) is 43.4 Å². The third kappa shape index (κ3) is 6.40. The van der Waals surface area contributed by atoms with Gasteiger partial charge in [0.2, 0.25) is 5.95 Å². The molecular formula is C36H43N9O2. The number of urea groups is 1. The first-order valence-corrected chi connectivity index (χ1v) is 16.4. The monoisotopic (exact) mass is 633 g/mol. The Hall–Kier alpha value is -4.90.